The second-order valence-corrected chi connectivity index (χ2v) is 9.01. The van der Waals surface area contributed by atoms with E-state index in [1.54, 1.807) is 18.5 Å². The van der Waals surface area contributed by atoms with Gasteiger partial charge in [-0.15, -0.1) is 29.1 Å². The lowest BCUT2D eigenvalue weighted by atomic mass is 9.74. The molecule has 14 heteroatoms. The van der Waals surface area contributed by atoms with E-state index in [-0.39, 0.29) is 22.9 Å². The van der Waals surface area contributed by atoms with Gasteiger partial charge in [0.2, 0.25) is 0 Å². The van der Waals surface area contributed by atoms with Crippen LogP contribution in [0.5, 0.6) is 0 Å². The van der Waals surface area contributed by atoms with Gasteiger partial charge in [-0.05, 0) is 13.0 Å². The zero-order chi connectivity index (χ0) is 23.8. The number of hydrogen-bond donors (Lipinski definition) is 4. The van der Waals surface area contributed by atoms with E-state index in [1.807, 2.05) is 6.07 Å². The van der Waals surface area contributed by atoms with Crippen molar-refractivity contribution in [3.05, 3.63) is 40.1 Å². The molecule has 0 radical (unpaired) electrons. The van der Waals surface area contributed by atoms with Crippen molar-refractivity contribution in [3.63, 3.8) is 0 Å². The largest absolute Gasteiger partial charge is 0.394 e. The van der Waals surface area contributed by atoms with Gasteiger partial charge in [0.1, 0.15) is 52.4 Å². The molecule has 3 aromatic heterocycles. The summed E-state index contributed by atoms with van der Waals surface area (Å²) in [7, 11) is 0. The average Bonchev–Trinajstić information content (AvgIpc) is 3.46. The summed E-state index contributed by atoms with van der Waals surface area (Å²) in [5.74, 6) is 0. The lowest BCUT2D eigenvalue weighted by Gasteiger charge is -2.51. The number of aromatic nitrogens is 5. The number of nitriles is 1. The smallest absolute Gasteiger partial charge is 0.180 e. The standard InChI is InChI=1S/C19H20ClN7O4S2/c1-2-30-16-17(32)31-14(7-28)15(29)19(16,10-3-9(20)5-23-11(10)4-21)27-6-12(25-26-27)13-8-33-18(22)24-13/h3,5-6,8,14-17,28-29,32H,2,7H2,1H3,(H2,22,24)/t14-,15+,16+,17-,19+/m0/s1. The van der Waals surface area contributed by atoms with Crippen molar-refractivity contribution < 1.29 is 19.7 Å². The zero-order valence-corrected chi connectivity index (χ0v) is 19.7. The van der Waals surface area contributed by atoms with Crippen molar-refractivity contribution in [2.24, 2.45) is 0 Å². The van der Waals surface area contributed by atoms with Gasteiger partial charge < -0.3 is 25.4 Å². The molecule has 1 aliphatic heterocycles. The number of anilines is 1. The normalized spacial score (nSPS) is 27.4. The van der Waals surface area contributed by atoms with Crippen LogP contribution in [0.1, 0.15) is 18.2 Å². The van der Waals surface area contributed by atoms with Crippen LogP contribution < -0.4 is 5.73 Å². The topological polar surface area (TPSA) is 165 Å². The first-order valence-corrected chi connectivity index (χ1v) is 11.6. The molecule has 4 heterocycles. The fourth-order valence-corrected chi connectivity index (χ4v) is 5.21. The van der Waals surface area contributed by atoms with Gasteiger partial charge in [-0.2, -0.15) is 5.26 Å². The van der Waals surface area contributed by atoms with E-state index in [0.29, 0.717) is 16.5 Å². The third-order valence-electron chi connectivity index (χ3n) is 5.38. The molecule has 3 aromatic rings. The molecule has 0 aliphatic carbocycles. The first-order valence-electron chi connectivity index (χ1n) is 9.81. The number of pyridine rings is 1. The molecule has 174 valence electrons. The predicted molar refractivity (Wildman–Crippen MR) is 123 cm³/mol. The number of aliphatic hydroxyl groups excluding tert-OH is 2. The SMILES string of the molecule is CCO[C@@H]1[C@H](S)O[C@@H](CO)[C@@H](O)[C@@]1(c1cc(Cl)cnc1C#N)n1cc(-c2csc(N)n2)nn1. The molecule has 0 bridgehead atoms. The number of hydrogen-bond acceptors (Lipinski definition) is 12. The highest BCUT2D eigenvalue weighted by atomic mass is 35.5. The Morgan fingerprint density at radius 2 is 2.27 bits per heavy atom. The minimum absolute atomic E-state index is 0.0165. The predicted octanol–water partition coefficient (Wildman–Crippen LogP) is 1.06. The molecule has 0 amide bonds. The molecular weight excluding hydrogens is 490 g/mol. The molecule has 1 aliphatic rings. The van der Waals surface area contributed by atoms with Crippen molar-refractivity contribution >= 4 is 40.7 Å². The fourth-order valence-electron chi connectivity index (χ4n) is 4.03. The Bertz CT molecular complexity index is 1190. The van der Waals surface area contributed by atoms with Gasteiger partial charge in [0.25, 0.3) is 0 Å². The highest BCUT2D eigenvalue weighted by Crippen LogP contribution is 2.45. The van der Waals surface area contributed by atoms with Gasteiger partial charge >= 0.3 is 0 Å². The Morgan fingerprint density at radius 1 is 1.48 bits per heavy atom. The summed E-state index contributed by atoms with van der Waals surface area (Å²) < 4.78 is 13.1. The third-order valence-corrected chi connectivity index (χ3v) is 6.66. The lowest BCUT2D eigenvalue weighted by Crippen LogP contribution is -2.68. The van der Waals surface area contributed by atoms with E-state index in [2.05, 4.69) is 32.9 Å². The zero-order valence-electron chi connectivity index (χ0n) is 17.2. The molecule has 0 spiro atoms. The maximum atomic E-state index is 11.6. The van der Waals surface area contributed by atoms with Crippen LogP contribution in [0.15, 0.2) is 23.8 Å². The van der Waals surface area contributed by atoms with E-state index >= 15 is 0 Å². The van der Waals surface area contributed by atoms with Crippen molar-refractivity contribution in [2.75, 3.05) is 18.9 Å². The van der Waals surface area contributed by atoms with Gasteiger partial charge in [0.05, 0.1) is 17.8 Å². The molecular formula is C19H20ClN7O4S2. The molecule has 33 heavy (non-hydrogen) atoms. The van der Waals surface area contributed by atoms with E-state index < -0.39 is 35.9 Å². The minimum Gasteiger partial charge on any atom is -0.394 e. The quantitative estimate of drug-likeness (QED) is 0.353. The number of aliphatic hydroxyl groups is 2. The Kier molecular flexibility index (Phi) is 6.87. The van der Waals surface area contributed by atoms with Gasteiger partial charge in [-0.1, -0.05) is 16.8 Å². The lowest BCUT2D eigenvalue weighted by molar-refractivity contribution is -0.218. The maximum Gasteiger partial charge on any atom is 0.180 e. The molecule has 0 unspecified atom stereocenters. The highest BCUT2D eigenvalue weighted by molar-refractivity contribution is 7.80. The van der Waals surface area contributed by atoms with Crippen LogP contribution in [0.2, 0.25) is 5.02 Å². The molecule has 1 saturated heterocycles. The fraction of sp³-hybridized carbons (Fsp3) is 0.421. The second-order valence-electron chi connectivity index (χ2n) is 7.17. The third kappa shape index (κ3) is 3.97. The summed E-state index contributed by atoms with van der Waals surface area (Å²) in [4.78, 5) is 8.36. The minimum atomic E-state index is -1.64. The van der Waals surface area contributed by atoms with E-state index in [1.165, 1.54) is 28.3 Å². The van der Waals surface area contributed by atoms with Crippen molar-refractivity contribution in [1.29, 1.82) is 5.26 Å². The Hall–Kier alpha value is -2.31. The number of ether oxygens (including phenoxy) is 2. The maximum absolute atomic E-state index is 11.6. The number of nitrogens with two attached hydrogens (primary N) is 1. The first kappa shape index (κ1) is 23.8. The Balaban J connectivity index is 2.03. The first-order chi connectivity index (χ1) is 15.9. The van der Waals surface area contributed by atoms with Crippen LogP contribution in [-0.4, -0.2) is 72.1 Å². The van der Waals surface area contributed by atoms with E-state index in [4.69, 9.17) is 26.8 Å². The molecule has 4 rings (SSSR count). The van der Waals surface area contributed by atoms with Crippen LogP contribution in [0.25, 0.3) is 11.4 Å². The monoisotopic (exact) mass is 509 g/mol. The molecule has 0 saturated carbocycles. The van der Waals surface area contributed by atoms with Crippen LogP contribution >= 0.6 is 35.6 Å². The Labute approximate surface area is 203 Å². The van der Waals surface area contributed by atoms with Crippen LogP contribution in [0, 0.1) is 11.3 Å². The highest BCUT2D eigenvalue weighted by Gasteiger charge is 2.60. The number of thiazole rings is 1. The summed E-state index contributed by atoms with van der Waals surface area (Å²) in [6.45, 7) is 1.46. The van der Waals surface area contributed by atoms with Crippen molar-refractivity contribution in [2.45, 2.75) is 36.2 Å². The Morgan fingerprint density at radius 3 is 2.91 bits per heavy atom. The van der Waals surface area contributed by atoms with Crippen molar-refractivity contribution in [3.8, 4) is 17.5 Å². The summed E-state index contributed by atoms with van der Waals surface area (Å²) in [5, 5.41) is 42.1. The summed E-state index contributed by atoms with van der Waals surface area (Å²) in [5.41, 5.74) is 4.27. The van der Waals surface area contributed by atoms with Gasteiger partial charge in [0, 0.05) is 23.7 Å². The number of thiol groups is 1. The van der Waals surface area contributed by atoms with Crippen LogP contribution in [0.4, 0.5) is 5.13 Å². The van der Waals surface area contributed by atoms with E-state index in [0.717, 1.165) is 0 Å². The van der Waals surface area contributed by atoms with Crippen LogP contribution in [0.3, 0.4) is 0 Å². The van der Waals surface area contributed by atoms with Crippen LogP contribution in [-0.2, 0) is 15.0 Å². The number of halogens is 1. The number of rotatable bonds is 6. The summed E-state index contributed by atoms with van der Waals surface area (Å²) >= 11 is 12.0. The number of nitrogens with zero attached hydrogens (tertiary/aromatic N) is 6. The average molecular weight is 510 g/mol. The van der Waals surface area contributed by atoms with Gasteiger partial charge in [0.15, 0.2) is 5.13 Å². The molecule has 0 aromatic carbocycles. The number of nitrogen functional groups attached to an aromatic ring is 1. The van der Waals surface area contributed by atoms with Crippen molar-refractivity contribution in [1.82, 2.24) is 25.0 Å². The molecule has 4 N–H and O–H groups in total. The van der Waals surface area contributed by atoms with E-state index in [9.17, 15) is 15.5 Å². The molecule has 11 nitrogen and oxygen atoms in total. The summed E-state index contributed by atoms with van der Waals surface area (Å²) in [6.07, 6.45) is -0.648. The second kappa shape index (κ2) is 9.51. The summed E-state index contributed by atoms with van der Waals surface area (Å²) in [6, 6.07) is 3.54. The molecule has 5 atom stereocenters. The van der Waals surface area contributed by atoms with Gasteiger partial charge in [-0.3, -0.25) is 0 Å². The molecule has 1 fully saturated rings. The van der Waals surface area contributed by atoms with Gasteiger partial charge in [-0.25, -0.2) is 14.6 Å².